The van der Waals surface area contributed by atoms with E-state index in [1.807, 2.05) is 6.92 Å². The highest BCUT2D eigenvalue weighted by Crippen LogP contribution is 2.31. The van der Waals surface area contributed by atoms with Gasteiger partial charge in [0, 0.05) is 26.0 Å². The van der Waals surface area contributed by atoms with Crippen molar-refractivity contribution in [2.75, 3.05) is 6.54 Å². The standard InChI is InChI=1S/C17H21N5O3/c1-3-13-7-14(21-25-13)17(24)22-6-4-5-16(22)15-10-18-8-12(20-15)9-19-11(2)23/h7-8,10,16H,3-6,9H2,1-2H3,(H,19,23). The summed E-state index contributed by atoms with van der Waals surface area (Å²) in [4.78, 5) is 34.3. The predicted octanol–water partition coefficient (Wildman–Crippen LogP) is 1.64. The zero-order valence-corrected chi connectivity index (χ0v) is 14.4. The number of carbonyl (C=O) groups is 2. The van der Waals surface area contributed by atoms with Crippen molar-refractivity contribution in [3.8, 4) is 0 Å². The van der Waals surface area contributed by atoms with Gasteiger partial charge in [0.15, 0.2) is 5.69 Å². The molecular weight excluding hydrogens is 322 g/mol. The second-order valence-corrected chi connectivity index (χ2v) is 6.03. The molecule has 132 valence electrons. The fourth-order valence-electron chi connectivity index (χ4n) is 2.93. The first-order valence-corrected chi connectivity index (χ1v) is 8.40. The Morgan fingerprint density at radius 2 is 2.24 bits per heavy atom. The lowest BCUT2D eigenvalue weighted by Gasteiger charge is -2.23. The number of rotatable bonds is 5. The third kappa shape index (κ3) is 3.84. The fraction of sp³-hybridized carbons (Fsp3) is 0.471. The summed E-state index contributed by atoms with van der Waals surface area (Å²) in [6.07, 6.45) is 5.70. The first-order valence-electron chi connectivity index (χ1n) is 8.40. The summed E-state index contributed by atoms with van der Waals surface area (Å²) in [7, 11) is 0. The molecule has 1 saturated heterocycles. The van der Waals surface area contributed by atoms with Crippen LogP contribution in [-0.2, 0) is 17.8 Å². The van der Waals surface area contributed by atoms with Crippen molar-refractivity contribution in [3.63, 3.8) is 0 Å². The number of amides is 2. The lowest BCUT2D eigenvalue weighted by molar-refractivity contribution is -0.119. The first-order chi connectivity index (χ1) is 12.1. The van der Waals surface area contributed by atoms with E-state index in [0.29, 0.717) is 36.7 Å². The molecule has 8 heteroatoms. The molecule has 1 N–H and O–H groups in total. The van der Waals surface area contributed by atoms with Gasteiger partial charge in [-0.25, -0.2) is 0 Å². The Morgan fingerprint density at radius 1 is 1.40 bits per heavy atom. The molecular formula is C17H21N5O3. The van der Waals surface area contributed by atoms with Crippen LogP contribution in [0.1, 0.15) is 60.4 Å². The molecule has 0 spiro atoms. The van der Waals surface area contributed by atoms with Crippen LogP contribution in [-0.4, -0.2) is 38.4 Å². The summed E-state index contributed by atoms with van der Waals surface area (Å²) in [5.74, 6) is 0.416. The molecule has 1 atom stereocenters. The number of nitrogens with zero attached hydrogens (tertiary/aromatic N) is 4. The molecule has 0 aromatic carbocycles. The van der Waals surface area contributed by atoms with Crippen LogP contribution in [0.2, 0.25) is 0 Å². The van der Waals surface area contributed by atoms with E-state index >= 15 is 0 Å². The number of hydrogen-bond donors (Lipinski definition) is 1. The highest BCUT2D eigenvalue weighted by molar-refractivity contribution is 5.92. The van der Waals surface area contributed by atoms with Crippen LogP contribution in [0.5, 0.6) is 0 Å². The molecule has 1 aliphatic heterocycles. The number of likely N-dealkylation sites (tertiary alicyclic amines) is 1. The first kappa shape index (κ1) is 17.1. The molecule has 0 aliphatic carbocycles. The highest BCUT2D eigenvalue weighted by atomic mass is 16.5. The van der Waals surface area contributed by atoms with Crippen LogP contribution in [0.3, 0.4) is 0 Å². The van der Waals surface area contributed by atoms with Gasteiger partial charge in [-0.05, 0) is 12.8 Å². The normalized spacial score (nSPS) is 16.9. The largest absolute Gasteiger partial charge is 0.361 e. The van der Waals surface area contributed by atoms with Crippen LogP contribution in [0.25, 0.3) is 0 Å². The van der Waals surface area contributed by atoms with E-state index in [1.165, 1.54) is 6.92 Å². The Bertz CT molecular complexity index is 773. The van der Waals surface area contributed by atoms with Gasteiger partial charge in [-0.15, -0.1) is 0 Å². The zero-order chi connectivity index (χ0) is 17.8. The number of carbonyl (C=O) groups excluding carboxylic acids is 2. The van der Waals surface area contributed by atoms with Gasteiger partial charge in [0.2, 0.25) is 5.91 Å². The van der Waals surface area contributed by atoms with Crippen molar-refractivity contribution >= 4 is 11.8 Å². The Kier molecular flexibility index (Phi) is 5.06. The maximum Gasteiger partial charge on any atom is 0.276 e. The molecule has 2 amide bonds. The average molecular weight is 343 g/mol. The average Bonchev–Trinajstić information content (AvgIpc) is 3.28. The number of nitrogens with one attached hydrogen (secondary N) is 1. The Balaban J connectivity index is 1.78. The minimum Gasteiger partial charge on any atom is -0.361 e. The molecule has 0 saturated carbocycles. The summed E-state index contributed by atoms with van der Waals surface area (Å²) in [6, 6.07) is 1.55. The summed E-state index contributed by atoms with van der Waals surface area (Å²) < 4.78 is 5.14. The van der Waals surface area contributed by atoms with E-state index in [-0.39, 0.29) is 17.9 Å². The minimum atomic E-state index is -0.153. The Hall–Kier alpha value is -2.77. The van der Waals surface area contributed by atoms with Gasteiger partial charge in [-0.1, -0.05) is 12.1 Å². The van der Waals surface area contributed by atoms with Crippen LogP contribution < -0.4 is 5.32 Å². The molecule has 2 aromatic rings. The summed E-state index contributed by atoms with van der Waals surface area (Å²) in [5.41, 5.74) is 1.72. The second-order valence-electron chi connectivity index (χ2n) is 6.03. The van der Waals surface area contributed by atoms with Crippen LogP contribution in [0.15, 0.2) is 23.0 Å². The maximum absolute atomic E-state index is 12.8. The molecule has 1 aliphatic rings. The molecule has 25 heavy (non-hydrogen) atoms. The van der Waals surface area contributed by atoms with Gasteiger partial charge < -0.3 is 14.7 Å². The smallest absolute Gasteiger partial charge is 0.276 e. The van der Waals surface area contributed by atoms with E-state index in [4.69, 9.17) is 4.52 Å². The molecule has 0 radical (unpaired) electrons. The molecule has 2 aromatic heterocycles. The monoisotopic (exact) mass is 343 g/mol. The molecule has 0 bridgehead atoms. The van der Waals surface area contributed by atoms with E-state index < -0.39 is 0 Å². The van der Waals surface area contributed by atoms with Crippen molar-refractivity contribution in [1.82, 2.24) is 25.3 Å². The second kappa shape index (κ2) is 7.42. The summed E-state index contributed by atoms with van der Waals surface area (Å²) in [5, 5.41) is 6.58. The van der Waals surface area contributed by atoms with Crippen molar-refractivity contribution in [2.24, 2.45) is 0 Å². The molecule has 3 heterocycles. The third-order valence-electron chi connectivity index (χ3n) is 4.20. The molecule has 1 fully saturated rings. The van der Waals surface area contributed by atoms with Gasteiger partial charge in [-0.2, -0.15) is 0 Å². The minimum absolute atomic E-state index is 0.123. The predicted molar refractivity (Wildman–Crippen MR) is 88.4 cm³/mol. The Morgan fingerprint density at radius 3 is 2.96 bits per heavy atom. The Labute approximate surface area is 145 Å². The molecule has 8 nitrogen and oxygen atoms in total. The van der Waals surface area contributed by atoms with E-state index in [2.05, 4.69) is 20.4 Å². The van der Waals surface area contributed by atoms with Crippen LogP contribution in [0, 0.1) is 0 Å². The van der Waals surface area contributed by atoms with Gasteiger partial charge in [0.05, 0.1) is 36.4 Å². The van der Waals surface area contributed by atoms with Crippen LogP contribution >= 0.6 is 0 Å². The topological polar surface area (TPSA) is 101 Å². The van der Waals surface area contributed by atoms with E-state index in [1.54, 1.807) is 23.4 Å². The number of aryl methyl sites for hydroxylation is 1. The highest BCUT2D eigenvalue weighted by Gasteiger charge is 2.33. The zero-order valence-electron chi connectivity index (χ0n) is 14.4. The molecule has 1 unspecified atom stereocenters. The number of hydrogen-bond acceptors (Lipinski definition) is 6. The maximum atomic E-state index is 12.8. The third-order valence-corrected chi connectivity index (χ3v) is 4.20. The lowest BCUT2D eigenvalue weighted by atomic mass is 10.1. The van der Waals surface area contributed by atoms with Crippen molar-refractivity contribution in [2.45, 2.75) is 45.7 Å². The van der Waals surface area contributed by atoms with Gasteiger partial charge in [0.1, 0.15) is 5.76 Å². The van der Waals surface area contributed by atoms with Gasteiger partial charge >= 0.3 is 0 Å². The van der Waals surface area contributed by atoms with Crippen molar-refractivity contribution < 1.29 is 14.1 Å². The lowest BCUT2D eigenvalue weighted by Crippen LogP contribution is -2.31. The van der Waals surface area contributed by atoms with E-state index in [9.17, 15) is 9.59 Å². The van der Waals surface area contributed by atoms with Crippen molar-refractivity contribution in [3.05, 3.63) is 41.3 Å². The number of aromatic nitrogens is 3. The quantitative estimate of drug-likeness (QED) is 0.885. The van der Waals surface area contributed by atoms with Crippen LogP contribution in [0.4, 0.5) is 0 Å². The summed E-state index contributed by atoms with van der Waals surface area (Å²) >= 11 is 0. The molecule has 3 rings (SSSR count). The fourth-order valence-corrected chi connectivity index (χ4v) is 2.93. The summed E-state index contributed by atoms with van der Waals surface area (Å²) in [6.45, 7) is 4.37. The van der Waals surface area contributed by atoms with Gasteiger partial charge in [0.25, 0.3) is 5.91 Å². The van der Waals surface area contributed by atoms with Crippen molar-refractivity contribution in [1.29, 1.82) is 0 Å². The van der Waals surface area contributed by atoms with Gasteiger partial charge in [-0.3, -0.25) is 19.6 Å². The SMILES string of the molecule is CCc1cc(C(=O)N2CCCC2c2cncc(CNC(C)=O)n2)no1. The van der Waals surface area contributed by atoms with E-state index in [0.717, 1.165) is 18.5 Å².